The summed E-state index contributed by atoms with van der Waals surface area (Å²) in [6, 6.07) is 0. The zero-order chi connectivity index (χ0) is 5.95. The summed E-state index contributed by atoms with van der Waals surface area (Å²) in [5, 5.41) is 0. The number of ether oxygens (including phenoxy) is 3. The van der Waals surface area contributed by atoms with Gasteiger partial charge in [0.1, 0.15) is 11.2 Å². The lowest BCUT2D eigenvalue weighted by molar-refractivity contribution is -0.316. The SMILES string of the molecule is C1OCC12OCC21CO1. The topological polar surface area (TPSA) is 31.0 Å². The van der Waals surface area contributed by atoms with Gasteiger partial charge in [0.25, 0.3) is 0 Å². The molecule has 0 radical (unpaired) electrons. The Morgan fingerprint density at radius 3 is 1.44 bits per heavy atom. The Morgan fingerprint density at radius 2 is 1.33 bits per heavy atom. The van der Waals surface area contributed by atoms with Crippen molar-refractivity contribution in [1.82, 2.24) is 0 Å². The van der Waals surface area contributed by atoms with E-state index in [1.165, 1.54) is 0 Å². The molecule has 50 valence electrons. The Labute approximate surface area is 52.9 Å². The van der Waals surface area contributed by atoms with E-state index >= 15 is 0 Å². The van der Waals surface area contributed by atoms with E-state index in [1.54, 1.807) is 0 Å². The lowest BCUT2D eigenvalue weighted by atomic mass is 9.81. The molecule has 0 N–H and O–H groups in total. The molecule has 3 saturated heterocycles. The first kappa shape index (κ1) is 4.66. The van der Waals surface area contributed by atoms with Crippen molar-refractivity contribution in [2.45, 2.75) is 11.2 Å². The third kappa shape index (κ3) is 0.327. The van der Waals surface area contributed by atoms with Gasteiger partial charge in [-0.2, -0.15) is 0 Å². The smallest absolute Gasteiger partial charge is 0.148 e. The summed E-state index contributed by atoms with van der Waals surface area (Å²) in [5.74, 6) is 0. The highest BCUT2D eigenvalue weighted by molar-refractivity contribution is 5.20. The maximum Gasteiger partial charge on any atom is 0.148 e. The van der Waals surface area contributed by atoms with Crippen molar-refractivity contribution in [2.75, 3.05) is 26.4 Å². The number of hydrogen-bond acceptors (Lipinski definition) is 3. The van der Waals surface area contributed by atoms with Gasteiger partial charge >= 0.3 is 0 Å². The van der Waals surface area contributed by atoms with E-state index in [0.717, 1.165) is 26.4 Å². The average Bonchev–Trinajstić information content (AvgIpc) is 2.34. The Balaban J connectivity index is 1.91. The van der Waals surface area contributed by atoms with Crippen LogP contribution in [-0.4, -0.2) is 37.6 Å². The highest BCUT2D eigenvalue weighted by atomic mass is 16.7. The standard InChI is InChI=1S/C6H8O3/c1-5(2-7-1)6(3-8-5)4-9-6/h1-4H2. The van der Waals surface area contributed by atoms with E-state index in [0.29, 0.717) is 0 Å². The fourth-order valence-corrected chi connectivity index (χ4v) is 1.50. The van der Waals surface area contributed by atoms with Gasteiger partial charge in [0.2, 0.25) is 0 Å². The van der Waals surface area contributed by atoms with Crippen LogP contribution in [0.3, 0.4) is 0 Å². The van der Waals surface area contributed by atoms with Crippen molar-refractivity contribution in [2.24, 2.45) is 0 Å². The maximum absolute atomic E-state index is 5.38. The molecule has 0 atom stereocenters. The summed E-state index contributed by atoms with van der Waals surface area (Å²) < 4.78 is 15.7. The van der Waals surface area contributed by atoms with Crippen LogP contribution < -0.4 is 0 Å². The summed E-state index contributed by atoms with van der Waals surface area (Å²) in [6.45, 7) is 3.16. The molecule has 0 aliphatic carbocycles. The summed E-state index contributed by atoms with van der Waals surface area (Å²) in [4.78, 5) is 0. The molecule has 0 aromatic rings. The van der Waals surface area contributed by atoms with Crippen LogP contribution in [0.4, 0.5) is 0 Å². The van der Waals surface area contributed by atoms with Crippen molar-refractivity contribution >= 4 is 0 Å². The van der Waals surface area contributed by atoms with Crippen LogP contribution in [0.25, 0.3) is 0 Å². The fourth-order valence-electron chi connectivity index (χ4n) is 1.50. The largest absolute Gasteiger partial charge is 0.375 e. The van der Waals surface area contributed by atoms with Crippen molar-refractivity contribution in [3.05, 3.63) is 0 Å². The molecule has 2 spiro atoms. The molecule has 0 amide bonds. The van der Waals surface area contributed by atoms with Crippen molar-refractivity contribution in [3.63, 3.8) is 0 Å². The zero-order valence-electron chi connectivity index (χ0n) is 5.05. The molecule has 3 aliphatic rings. The average molecular weight is 128 g/mol. The number of epoxide rings is 1. The molecule has 0 aromatic carbocycles. The van der Waals surface area contributed by atoms with Crippen LogP contribution >= 0.6 is 0 Å². The van der Waals surface area contributed by atoms with E-state index in [2.05, 4.69) is 0 Å². The second-order valence-electron chi connectivity index (χ2n) is 3.06. The van der Waals surface area contributed by atoms with Crippen LogP contribution in [-0.2, 0) is 14.2 Å². The summed E-state index contributed by atoms with van der Waals surface area (Å²) >= 11 is 0. The van der Waals surface area contributed by atoms with Crippen molar-refractivity contribution in [1.29, 1.82) is 0 Å². The number of fused-ring (bicyclic) bond motifs is 1. The van der Waals surface area contributed by atoms with Gasteiger partial charge in [-0.25, -0.2) is 0 Å². The predicted molar refractivity (Wildman–Crippen MR) is 28.2 cm³/mol. The van der Waals surface area contributed by atoms with E-state index in [4.69, 9.17) is 14.2 Å². The molecule has 9 heavy (non-hydrogen) atoms. The first-order valence-corrected chi connectivity index (χ1v) is 3.23. The minimum Gasteiger partial charge on any atom is -0.375 e. The third-order valence-corrected chi connectivity index (χ3v) is 2.58. The summed E-state index contributed by atoms with van der Waals surface area (Å²) in [7, 11) is 0. The van der Waals surface area contributed by atoms with Crippen LogP contribution in [0.5, 0.6) is 0 Å². The van der Waals surface area contributed by atoms with E-state index < -0.39 is 0 Å². The summed E-state index contributed by atoms with van der Waals surface area (Å²) in [6.07, 6.45) is 0. The molecular formula is C6H8O3. The molecule has 0 bridgehead atoms. The van der Waals surface area contributed by atoms with Gasteiger partial charge in [0.05, 0.1) is 26.4 Å². The van der Waals surface area contributed by atoms with E-state index in [1.807, 2.05) is 0 Å². The quantitative estimate of drug-likeness (QED) is 0.414. The Bertz CT molecular complexity index is 152. The van der Waals surface area contributed by atoms with Crippen LogP contribution in [0.15, 0.2) is 0 Å². The molecule has 3 aliphatic heterocycles. The third-order valence-electron chi connectivity index (χ3n) is 2.58. The monoisotopic (exact) mass is 128 g/mol. The Kier molecular flexibility index (Phi) is 0.542. The fraction of sp³-hybridized carbons (Fsp3) is 1.00. The molecule has 3 fully saturated rings. The molecule has 0 aromatic heterocycles. The zero-order valence-corrected chi connectivity index (χ0v) is 5.05. The lowest BCUT2D eigenvalue weighted by Crippen LogP contribution is -2.72. The Morgan fingerprint density at radius 1 is 0.778 bits per heavy atom. The van der Waals surface area contributed by atoms with Gasteiger partial charge in [-0.3, -0.25) is 0 Å². The van der Waals surface area contributed by atoms with E-state index in [-0.39, 0.29) is 11.2 Å². The summed E-state index contributed by atoms with van der Waals surface area (Å²) in [5.41, 5.74) is 0.123. The second kappa shape index (κ2) is 1.05. The molecule has 3 rings (SSSR count). The second-order valence-corrected chi connectivity index (χ2v) is 3.06. The first-order valence-electron chi connectivity index (χ1n) is 3.23. The Hall–Kier alpha value is -0.120. The van der Waals surface area contributed by atoms with Crippen LogP contribution in [0.2, 0.25) is 0 Å². The molecule has 0 saturated carbocycles. The molecule has 3 nitrogen and oxygen atoms in total. The van der Waals surface area contributed by atoms with Gasteiger partial charge < -0.3 is 14.2 Å². The van der Waals surface area contributed by atoms with Gasteiger partial charge in [0, 0.05) is 0 Å². The van der Waals surface area contributed by atoms with E-state index in [9.17, 15) is 0 Å². The highest BCUT2D eigenvalue weighted by Crippen LogP contribution is 2.52. The van der Waals surface area contributed by atoms with Gasteiger partial charge in [-0.05, 0) is 0 Å². The molecule has 3 heteroatoms. The predicted octanol–water partition coefficient (Wildman–Crippen LogP) is -0.445. The van der Waals surface area contributed by atoms with Crippen LogP contribution in [0, 0.1) is 0 Å². The minimum absolute atomic E-state index is 0.00694. The van der Waals surface area contributed by atoms with Gasteiger partial charge in [0.15, 0.2) is 0 Å². The number of rotatable bonds is 0. The molecule has 0 unspecified atom stereocenters. The maximum atomic E-state index is 5.38. The van der Waals surface area contributed by atoms with Crippen molar-refractivity contribution in [3.8, 4) is 0 Å². The molecule has 3 heterocycles. The van der Waals surface area contributed by atoms with Gasteiger partial charge in [-0.1, -0.05) is 0 Å². The first-order chi connectivity index (χ1) is 4.37. The van der Waals surface area contributed by atoms with Crippen molar-refractivity contribution < 1.29 is 14.2 Å². The molecular weight excluding hydrogens is 120 g/mol. The number of hydrogen-bond donors (Lipinski definition) is 0. The normalized spacial score (nSPS) is 50.7. The minimum atomic E-state index is 0.00694. The van der Waals surface area contributed by atoms with Crippen LogP contribution in [0.1, 0.15) is 0 Å². The lowest BCUT2D eigenvalue weighted by Gasteiger charge is -2.52. The van der Waals surface area contributed by atoms with Gasteiger partial charge in [-0.15, -0.1) is 0 Å². The highest BCUT2D eigenvalue weighted by Gasteiger charge is 2.73.